The first kappa shape index (κ1) is 17.2. The van der Waals surface area contributed by atoms with Crippen LogP contribution in [-0.4, -0.2) is 32.1 Å². The Labute approximate surface area is 148 Å². The molecule has 3 rings (SSSR count). The molecule has 0 saturated heterocycles. The molecule has 0 fully saturated rings. The minimum atomic E-state index is -0.848. The van der Waals surface area contributed by atoms with Gasteiger partial charge in [-0.2, -0.15) is 4.80 Å². The number of rotatable bonds is 4. The molecule has 2 N–H and O–H groups in total. The normalized spacial score (nSPS) is 10.4. The minimum Gasteiger partial charge on any atom is -0.305 e. The Morgan fingerprint density at radius 1 is 1.12 bits per heavy atom. The second-order valence-electron chi connectivity index (χ2n) is 5.49. The summed E-state index contributed by atoms with van der Waals surface area (Å²) in [6.45, 7) is 1.66. The number of carbonyl (C=O) groups is 2. The maximum Gasteiger partial charge on any atom is 0.326 e. The van der Waals surface area contributed by atoms with Crippen molar-refractivity contribution >= 4 is 17.6 Å². The predicted molar refractivity (Wildman–Crippen MR) is 91.6 cm³/mol. The largest absolute Gasteiger partial charge is 0.326 e. The van der Waals surface area contributed by atoms with Crippen LogP contribution >= 0.6 is 0 Å². The fraction of sp³-hybridized carbons (Fsp3) is 0.118. The van der Waals surface area contributed by atoms with Crippen LogP contribution in [0, 0.1) is 12.7 Å². The Bertz CT molecular complexity index is 938. The SMILES string of the molecule is Cc1ccc(-c2nnn(CC(=O)NC(=O)Nc3ccccc3F)n2)cc1. The molecule has 132 valence electrons. The average molecular weight is 354 g/mol. The minimum absolute atomic E-state index is 0.0293. The second kappa shape index (κ2) is 7.51. The molecule has 0 saturated carbocycles. The average Bonchev–Trinajstić information content (AvgIpc) is 3.05. The predicted octanol–water partition coefficient (Wildman–Crippen LogP) is 2.14. The van der Waals surface area contributed by atoms with Gasteiger partial charge in [-0.25, -0.2) is 9.18 Å². The van der Waals surface area contributed by atoms with Crippen molar-refractivity contribution in [1.29, 1.82) is 0 Å². The highest BCUT2D eigenvalue weighted by atomic mass is 19.1. The van der Waals surface area contributed by atoms with Crippen molar-refractivity contribution in [3.63, 3.8) is 0 Å². The van der Waals surface area contributed by atoms with E-state index < -0.39 is 17.8 Å². The Balaban J connectivity index is 1.57. The maximum atomic E-state index is 13.5. The smallest absolute Gasteiger partial charge is 0.305 e. The van der Waals surface area contributed by atoms with Gasteiger partial charge in [0, 0.05) is 5.56 Å². The van der Waals surface area contributed by atoms with E-state index in [1.807, 2.05) is 31.2 Å². The van der Waals surface area contributed by atoms with Crippen LogP contribution < -0.4 is 10.6 Å². The number of anilines is 1. The zero-order valence-electron chi connectivity index (χ0n) is 13.8. The van der Waals surface area contributed by atoms with Crippen LogP contribution in [0.4, 0.5) is 14.9 Å². The van der Waals surface area contributed by atoms with Gasteiger partial charge in [0.15, 0.2) is 0 Å². The fourth-order valence-electron chi connectivity index (χ4n) is 2.14. The molecular formula is C17H15FN6O2. The Morgan fingerprint density at radius 2 is 1.85 bits per heavy atom. The molecule has 0 atom stereocenters. The fourth-order valence-corrected chi connectivity index (χ4v) is 2.14. The van der Waals surface area contributed by atoms with Crippen LogP contribution in [0.25, 0.3) is 11.4 Å². The van der Waals surface area contributed by atoms with Crippen molar-refractivity contribution in [1.82, 2.24) is 25.5 Å². The number of aromatic nitrogens is 4. The molecule has 1 aromatic heterocycles. The summed E-state index contributed by atoms with van der Waals surface area (Å²) in [5.74, 6) is -0.893. The van der Waals surface area contributed by atoms with Gasteiger partial charge in [-0.1, -0.05) is 42.0 Å². The summed E-state index contributed by atoms with van der Waals surface area (Å²) in [5, 5.41) is 16.1. The second-order valence-corrected chi connectivity index (χ2v) is 5.49. The number of carbonyl (C=O) groups excluding carboxylic acids is 2. The Kier molecular flexibility index (Phi) is 4.97. The number of benzene rings is 2. The molecule has 0 aliphatic heterocycles. The van der Waals surface area contributed by atoms with Crippen LogP contribution in [0.5, 0.6) is 0 Å². The van der Waals surface area contributed by atoms with E-state index in [4.69, 9.17) is 0 Å². The van der Waals surface area contributed by atoms with E-state index in [-0.39, 0.29) is 12.2 Å². The lowest BCUT2D eigenvalue weighted by atomic mass is 10.1. The van der Waals surface area contributed by atoms with E-state index in [9.17, 15) is 14.0 Å². The number of tetrazole rings is 1. The summed E-state index contributed by atoms with van der Waals surface area (Å²) in [4.78, 5) is 24.7. The summed E-state index contributed by atoms with van der Waals surface area (Å²) < 4.78 is 13.5. The van der Waals surface area contributed by atoms with E-state index in [2.05, 4.69) is 26.0 Å². The van der Waals surface area contributed by atoms with Gasteiger partial charge in [0.2, 0.25) is 5.82 Å². The molecular weight excluding hydrogens is 339 g/mol. The van der Waals surface area contributed by atoms with Gasteiger partial charge in [-0.15, -0.1) is 10.2 Å². The number of aryl methyl sites for hydroxylation is 1. The summed E-state index contributed by atoms with van der Waals surface area (Å²) in [6, 6.07) is 12.3. The molecule has 3 aromatic rings. The number of nitrogens with zero attached hydrogens (tertiary/aromatic N) is 4. The molecule has 3 amide bonds. The standard InChI is InChI=1S/C17H15FN6O2/c1-11-6-8-12(9-7-11)16-21-23-24(22-16)10-15(25)20-17(26)19-14-5-3-2-4-13(14)18/h2-9H,10H2,1H3,(H2,19,20,25,26). The van der Waals surface area contributed by atoms with Crippen molar-refractivity contribution in [3.05, 3.63) is 59.9 Å². The van der Waals surface area contributed by atoms with Gasteiger partial charge in [0.1, 0.15) is 12.4 Å². The molecule has 0 aliphatic carbocycles. The first-order chi connectivity index (χ1) is 12.5. The zero-order chi connectivity index (χ0) is 18.5. The molecule has 0 spiro atoms. The highest BCUT2D eigenvalue weighted by molar-refractivity contribution is 6.01. The number of urea groups is 1. The van der Waals surface area contributed by atoms with Crippen molar-refractivity contribution in [3.8, 4) is 11.4 Å². The highest BCUT2D eigenvalue weighted by Crippen LogP contribution is 2.14. The lowest BCUT2D eigenvalue weighted by Gasteiger charge is -2.06. The Hall–Kier alpha value is -3.62. The first-order valence-corrected chi connectivity index (χ1v) is 7.71. The third kappa shape index (κ3) is 4.26. The quantitative estimate of drug-likeness (QED) is 0.747. The van der Waals surface area contributed by atoms with E-state index in [0.717, 1.165) is 15.9 Å². The van der Waals surface area contributed by atoms with E-state index >= 15 is 0 Å². The van der Waals surface area contributed by atoms with Crippen molar-refractivity contribution in [2.24, 2.45) is 0 Å². The summed E-state index contributed by atoms with van der Waals surface area (Å²) in [6.07, 6.45) is 0. The molecule has 8 nitrogen and oxygen atoms in total. The lowest BCUT2D eigenvalue weighted by molar-refractivity contribution is -0.120. The monoisotopic (exact) mass is 354 g/mol. The summed E-state index contributed by atoms with van der Waals surface area (Å²) in [5.41, 5.74) is 1.83. The third-order valence-electron chi connectivity index (χ3n) is 3.42. The summed E-state index contributed by atoms with van der Waals surface area (Å²) in [7, 11) is 0. The van der Waals surface area contributed by atoms with Crippen LogP contribution in [0.15, 0.2) is 48.5 Å². The molecule has 9 heteroatoms. The van der Waals surface area contributed by atoms with Crippen LogP contribution in [0.1, 0.15) is 5.56 Å². The van der Waals surface area contributed by atoms with Crippen LogP contribution in [0.2, 0.25) is 0 Å². The van der Waals surface area contributed by atoms with Crippen LogP contribution in [0.3, 0.4) is 0 Å². The van der Waals surface area contributed by atoms with Gasteiger partial charge in [0.25, 0.3) is 5.91 Å². The van der Waals surface area contributed by atoms with E-state index in [0.29, 0.717) is 5.82 Å². The van der Waals surface area contributed by atoms with Crippen molar-refractivity contribution in [2.45, 2.75) is 13.5 Å². The number of hydrogen-bond donors (Lipinski definition) is 2. The highest BCUT2D eigenvalue weighted by Gasteiger charge is 2.13. The molecule has 2 aromatic carbocycles. The van der Waals surface area contributed by atoms with E-state index in [1.54, 1.807) is 6.07 Å². The number of nitrogens with one attached hydrogen (secondary N) is 2. The number of para-hydroxylation sites is 1. The number of halogens is 1. The molecule has 0 bridgehead atoms. The van der Waals surface area contributed by atoms with E-state index in [1.165, 1.54) is 18.2 Å². The molecule has 26 heavy (non-hydrogen) atoms. The van der Waals surface area contributed by atoms with Crippen LogP contribution in [-0.2, 0) is 11.3 Å². The van der Waals surface area contributed by atoms with Gasteiger partial charge in [-0.05, 0) is 24.3 Å². The number of hydrogen-bond acceptors (Lipinski definition) is 5. The Morgan fingerprint density at radius 3 is 2.58 bits per heavy atom. The lowest BCUT2D eigenvalue weighted by Crippen LogP contribution is -2.37. The third-order valence-corrected chi connectivity index (χ3v) is 3.42. The van der Waals surface area contributed by atoms with Crippen molar-refractivity contribution in [2.75, 3.05) is 5.32 Å². The first-order valence-electron chi connectivity index (χ1n) is 7.71. The molecule has 0 aliphatic rings. The molecule has 0 radical (unpaired) electrons. The maximum absolute atomic E-state index is 13.5. The van der Waals surface area contributed by atoms with Gasteiger partial charge in [0.05, 0.1) is 5.69 Å². The summed E-state index contributed by atoms with van der Waals surface area (Å²) >= 11 is 0. The topological polar surface area (TPSA) is 102 Å². The van der Waals surface area contributed by atoms with Gasteiger partial charge in [-0.3, -0.25) is 10.1 Å². The van der Waals surface area contributed by atoms with Gasteiger partial charge < -0.3 is 5.32 Å². The number of imide groups is 1. The molecule has 0 unspecified atom stereocenters. The molecule has 1 heterocycles. The van der Waals surface area contributed by atoms with Gasteiger partial charge >= 0.3 is 6.03 Å². The van der Waals surface area contributed by atoms with Crippen molar-refractivity contribution < 1.29 is 14.0 Å². The number of amides is 3. The zero-order valence-corrected chi connectivity index (χ0v) is 13.8.